The molecule has 0 bridgehead atoms. The summed E-state index contributed by atoms with van der Waals surface area (Å²) in [6.07, 6.45) is 1.35. The van der Waals surface area contributed by atoms with E-state index in [-0.39, 0.29) is 11.7 Å². The van der Waals surface area contributed by atoms with Gasteiger partial charge in [0.15, 0.2) is 6.29 Å². The Bertz CT molecular complexity index is 126. The molecule has 11 heavy (non-hydrogen) atoms. The Balaban J connectivity index is 2.46. The van der Waals surface area contributed by atoms with E-state index in [4.69, 9.17) is 9.47 Å². The van der Waals surface area contributed by atoms with Gasteiger partial charge in [-0.15, -0.1) is 0 Å². The first-order chi connectivity index (χ1) is 5.00. The standard InChI is InChI=1S/C9H18O2/c1-7-5-6-10-8(11-7)9(2,3)4/h7-8H,5-6H2,1-4H3/t7-,8+/m1/s1. The van der Waals surface area contributed by atoms with Gasteiger partial charge in [0, 0.05) is 5.41 Å². The van der Waals surface area contributed by atoms with E-state index in [0.717, 1.165) is 13.0 Å². The van der Waals surface area contributed by atoms with Gasteiger partial charge in [-0.1, -0.05) is 20.8 Å². The van der Waals surface area contributed by atoms with Gasteiger partial charge in [0.1, 0.15) is 0 Å². The molecule has 0 aliphatic carbocycles. The van der Waals surface area contributed by atoms with Crippen LogP contribution in [0.4, 0.5) is 0 Å². The van der Waals surface area contributed by atoms with Crippen molar-refractivity contribution in [3.8, 4) is 0 Å². The van der Waals surface area contributed by atoms with Gasteiger partial charge in [-0.2, -0.15) is 0 Å². The van der Waals surface area contributed by atoms with Crippen molar-refractivity contribution in [2.45, 2.75) is 46.5 Å². The molecule has 0 unspecified atom stereocenters. The molecule has 2 heteroatoms. The van der Waals surface area contributed by atoms with Gasteiger partial charge in [0.05, 0.1) is 12.7 Å². The lowest BCUT2D eigenvalue weighted by Crippen LogP contribution is -2.39. The van der Waals surface area contributed by atoms with Crippen LogP contribution in [0.2, 0.25) is 0 Å². The van der Waals surface area contributed by atoms with E-state index in [1.54, 1.807) is 0 Å². The highest BCUT2D eigenvalue weighted by Gasteiger charge is 2.30. The highest BCUT2D eigenvalue weighted by Crippen LogP contribution is 2.27. The van der Waals surface area contributed by atoms with Crippen LogP contribution in [-0.2, 0) is 9.47 Å². The molecule has 1 aliphatic rings. The molecule has 2 atom stereocenters. The summed E-state index contributed by atoms with van der Waals surface area (Å²) in [4.78, 5) is 0. The van der Waals surface area contributed by atoms with Gasteiger partial charge in [-0.3, -0.25) is 0 Å². The fourth-order valence-corrected chi connectivity index (χ4v) is 1.11. The second-order valence-corrected chi connectivity index (χ2v) is 4.30. The van der Waals surface area contributed by atoms with E-state index in [9.17, 15) is 0 Å². The zero-order chi connectivity index (χ0) is 8.48. The molecule has 2 nitrogen and oxygen atoms in total. The fourth-order valence-electron chi connectivity index (χ4n) is 1.11. The quantitative estimate of drug-likeness (QED) is 0.538. The molecule has 0 N–H and O–H groups in total. The lowest BCUT2D eigenvalue weighted by Gasteiger charge is -2.36. The molecule has 0 radical (unpaired) electrons. The van der Waals surface area contributed by atoms with E-state index >= 15 is 0 Å². The van der Waals surface area contributed by atoms with Crippen molar-refractivity contribution in [3.05, 3.63) is 0 Å². The third kappa shape index (κ3) is 2.46. The van der Waals surface area contributed by atoms with Crippen molar-refractivity contribution >= 4 is 0 Å². The molecule has 0 aromatic heterocycles. The Hall–Kier alpha value is -0.0800. The van der Waals surface area contributed by atoms with E-state index in [1.165, 1.54) is 0 Å². The van der Waals surface area contributed by atoms with Crippen LogP contribution in [-0.4, -0.2) is 19.0 Å². The Labute approximate surface area is 68.9 Å². The molecule has 0 saturated carbocycles. The summed E-state index contributed by atoms with van der Waals surface area (Å²) in [5.74, 6) is 0. The van der Waals surface area contributed by atoms with Crippen molar-refractivity contribution in [3.63, 3.8) is 0 Å². The fraction of sp³-hybridized carbons (Fsp3) is 1.00. The largest absolute Gasteiger partial charge is 0.352 e. The second kappa shape index (κ2) is 3.11. The highest BCUT2D eigenvalue weighted by molar-refractivity contribution is 4.70. The molecule has 1 fully saturated rings. The lowest BCUT2D eigenvalue weighted by molar-refractivity contribution is -0.248. The van der Waals surface area contributed by atoms with Crippen molar-refractivity contribution in [1.29, 1.82) is 0 Å². The van der Waals surface area contributed by atoms with Crippen LogP contribution in [0.5, 0.6) is 0 Å². The zero-order valence-corrected chi connectivity index (χ0v) is 7.89. The summed E-state index contributed by atoms with van der Waals surface area (Å²) < 4.78 is 11.1. The first-order valence-electron chi connectivity index (χ1n) is 4.27. The predicted octanol–water partition coefficient (Wildman–Crippen LogP) is 2.18. The maximum Gasteiger partial charge on any atom is 0.162 e. The van der Waals surface area contributed by atoms with Crippen molar-refractivity contribution in [1.82, 2.24) is 0 Å². The van der Waals surface area contributed by atoms with Crippen molar-refractivity contribution < 1.29 is 9.47 Å². The molecule has 66 valence electrons. The van der Waals surface area contributed by atoms with Crippen LogP contribution in [0.25, 0.3) is 0 Å². The third-order valence-corrected chi connectivity index (χ3v) is 1.86. The van der Waals surface area contributed by atoms with Crippen LogP contribution in [0.3, 0.4) is 0 Å². The van der Waals surface area contributed by atoms with Crippen LogP contribution >= 0.6 is 0 Å². The summed E-state index contributed by atoms with van der Waals surface area (Å²) in [5, 5.41) is 0. The molecule has 1 saturated heterocycles. The van der Waals surface area contributed by atoms with E-state index in [1.807, 2.05) is 0 Å². The van der Waals surface area contributed by atoms with E-state index in [2.05, 4.69) is 27.7 Å². The van der Waals surface area contributed by atoms with Crippen molar-refractivity contribution in [2.75, 3.05) is 6.61 Å². The number of hydrogen-bond donors (Lipinski definition) is 0. The molecular formula is C9H18O2. The minimum Gasteiger partial charge on any atom is -0.352 e. The average molecular weight is 158 g/mol. The van der Waals surface area contributed by atoms with Crippen LogP contribution in [0.15, 0.2) is 0 Å². The molecule has 0 spiro atoms. The first-order valence-corrected chi connectivity index (χ1v) is 4.27. The highest BCUT2D eigenvalue weighted by atomic mass is 16.7. The van der Waals surface area contributed by atoms with Gasteiger partial charge < -0.3 is 9.47 Å². The van der Waals surface area contributed by atoms with Crippen molar-refractivity contribution in [2.24, 2.45) is 5.41 Å². The zero-order valence-electron chi connectivity index (χ0n) is 7.89. The molecule has 1 rings (SSSR count). The van der Waals surface area contributed by atoms with Crippen LogP contribution in [0, 0.1) is 5.41 Å². The maximum atomic E-state index is 5.63. The van der Waals surface area contributed by atoms with Crippen LogP contribution in [0.1, 0.15) is 34.1 Å². The number of rotatable bonds is 0. The van der Waals surface area contributed by atoms with Gasteiger partial charge in [0.2, 0.25) is 0 Å². The summed E-state index contributed by atoms with van der Waals surface area (Å²) in [7, 11) is 0. The average Bonchev–Trinajstić information content (AvgIpc) is 1.86. The van der Waals surface area contributed by atoms with Gasteiger partial charge in [0.25, 0.3) is 0 Å². The lowest BCUT2D eigenvalue weighted by atomic mass is 9.95. The minimum absolute atomic E-state index is 0.0220. The Kier molecular flexibility index (Phi) is 2.55. The summed E-state index contributed by atoms with van der Waals surface area (Å²) in [6, 6.07) is 0. The molecule has 0 aromatic rings. The Morgan fingerprint density at radius 3 is 2.27 bits per heavy atom. The van der Waals surface area contributed by atoms with Crippen LogP contribution < -0.4 is 0 Å². The Morgan fingerprint density at radius 1 is 1.27 bits per heavy atom. The monoisotopic (exact) mass is 158 g/mol. The number of hydrogen-bond acceptors (Lipinski definition) is 2. The van der Waals surface area contributed by atoms with E-state index < -0.39 is 0 Å². The van der Waals surface area contributed by atoms with Gasteiger partial charge >= 0.3 is 0 Å². The molecular weight excluding hydrogens is 140 g/mol. The predicted molar refractivity (Wildman–Crippen MR) is 44.4 cm³/mol. The molecule has 0 aromatic carbocycles. The summed E-state index contributed by atoms with van der Waals surface area (Å²) in [6.45, 7) is 9.34. The second-order valence-electron chi connectivity index (χ2n) is 4.30. The summed E-state index contributed by atoms with van der Waals surface area (Å²) >= 11 is 0. The SMILES string of the molecule is C[C@@H]1CCO[C@H](C(C)(C)C)O1. The number of ether oxygens (including phenoxy) is 2. The topological polar surface area (TPSA) is 18.5 Å². The smallest absolute Gasteiger partial charge is 0.162 e. The maximum absolute atomic E-state index is 5.63. The summed E-state index contributed by atoms with van der Waals surface area (Å²) in [5.41, 5.74) is 0.106. The third-order valence-electron chi connectivity index (χ3n) is 1.86. The first kappa shape index (κ1) is 9.01. The van der Waals surface area contributed by atoms with E-state index in [0.29, 0.717) is 6.10 Å². The Morgan fingerprint density at radius 2 is 1.91 bits per heavy atom. The minimum atomic E-state index is -0.0220. The molecule has 0 amide bonds. The van der Waals surface area contributed by atoms with Gasteiger partial charge in [-0.25, -0.2) is 0 Å². The molecule has 1 heterocycles. The van der Waals surface area contributed by atoms with Gasteiger partial charge in [-0.05, 0) is 13.3 Å². The molecule has 1 aliphatic heterocycles. The normalized spacial score (nSPS) is 33.8.